The Morgan fingerprint density at radius 2 is 2.31 bits per heavy atom. The number of nitrogens with zero attached hydrogens (tertiary/aromatic N) is 3. The second kappa shape index (κ2) is 5.25. The molecule has 0 radical (unpaired) electrons. The van der Waals surface area contributed by atoms with Crippen LogP contribution in [0.2, 0.25) is 0 Å². The van der Waals surface area contributed by atoms with Crippen molar-refractivity contribution in [2.24, 2.45) is 12.5 Å². The van der Waals surface area contributed by atoms with Crippen molar-refractivity contribution in [3.63, 3.8) is 0 Å². The van der Waals surface area contributed by atoms with E-state index in [0.717, 1.165) is 25.8 Å². The number of hydrogen-bond donors (Lipinski definition) is 0. The van der Waals surface area contributed by atoms with Crippen molar-refractivity contribution in [3.05, 3.63) is 18.0 Å². The summed E-state index contributed by atoms with van der Waals surface area (Å²) in [6.45, 7) is 5.66. The highest BCUT2D eigenvalue weighted by molar-refractivity contribution is 5.58. The van der Waals surface area contributed by atoms with Gasteiger partial charge in [-0.15, -0.1) is 0 Å². The van der Waals surface area contributed by atoms with Crippen LogP contribution in [0.3, 0.4) is 0 Å². The first-order chi connectivity index (χ1) is 7.49. The van der Waals surface area contributed by atoms with Crippen molar-refractivity contribution in [3.8, 4) is 0 Å². The molecular formula is C12H21N3O. The monoisotopic (exact) mass is 223 g/mol. The Morgan fingerprint density at radius 1 is 1.62 bits per heavy atom. The number of aryl methyl sites for hydroxylation is 1. The molecule has 1 heterocycles. The van der Waals surface area contributed by atoms with Crippen molar-refractivity contribution in [2.45, 2.75) is 26.8 Å². The molecule has 0 aliphatic carbocycles. The first-order valence-corrected chi connectivity index (χ1v) is 5.61. The third kappa shape index (κ3) is 3.45. The van der Waals surface area contributed by atoms with Gasteiger partial charge in [-0.1, -0.05) is 13.8 Å². The van der Waals surface area contributed by atoms with Gasteiger partial charge in [-0.2, -0.15) is 5.10 Å². The van der Waals surface area contributed by atoms with Gasteiger partial charge in [0.25, 0.3) is 0 Å². The van der Waals surface area contributed by atoms with Gasteiger partial charge < -0.3 is 9.69 Å². The minimum absolute atomic E-state index is 0.239. The summed E-state index contributed by atoms with van der Waals surface area (Å²) in [5.41, 5.74) is 0.936. The molecule has 0 saturated carbocycles. The number of hydrogen-bond acceptors (Lipinski definition) is 3. The lowest BCUT2D eigenvalue weighted by Crippen LogP contribution is -2.33. The van der Waals surface area contributed by atoms with E-state index in [1.54, 1.807) is 4.68 Å². The lowest BCUT2D eigenvalue weighted by molar-refractivity contribution is -0.116. The van der Waals surface area contributed by atoms with Crippen molar-refractivity contribution in [2.75, 3.05) is 13.6 Å². The summed E-state index contributed by atoms with van der Waals surface area (Å²) < 4.78 is 1.79. The van der Waals surface area contributed by atoms with Crippen LogP contribution in [-0.4, -0.2) is 34.6 Å². The average molecular weight is 223 g/mol. The maximum Gasteiger partial charge on any atom is 0.127 e. The molecule has 0 aliphatic rings. The molecule has 16 heavy (non-hydrogen) atoms. The predicted octanol–water partition coefficient (Wildman–Crippen LogP) is 1.47. The Hall–Kier alpha value is -1.16. The zero-order valence-corrected chi connectivity index (χ0v) is 10.6. The summed E-state index contributed by atoms with van der Waals surface area (Å²) in [5.74, 6) is 0. The van der Waals surface area contributed by atoms with Gasteiger partial charge >= 0.3 is 0 Å². The molecule has 1 aromatic heterocycles. The maximum absolute atomic E-state index is 11.0. The molecular weight excluding hydrogens is 202 g/mol. The SMILES string of the molecule is CCC(C)(C=O)CN(C)Cc1cnn(C)c1. The molecule has 0 aliphatic heterocycles. The van der Waals surface area contributed by atoms with E-state index < -0.39 is 0 Å². The Balaban J connectivity index is 2.53. The van der Waals surface area contributed by atoms with Crippen LogP contribution in [0.1, 0.15) is 25.8 Å². The van der Waals surface area contributed by atoms with Crippen molar-refractivity contribution in [1.82, 2.24) is 14.7 Å². The summed E-state index contributed by atoms with van der Waals surface area (Å²) in [5, 5.41) is 4.13. The molecule has 0 spiro atoms. The van der Waals surface area contributed by atoms with Gasteiger partial charge in [0.2, 0.25) is 0 Å². The maximum atomic E-state index is 11.0. The predicted molar refractivity (Wildman–Crippen MR) is 64.0 cm³/mol. The molecule has 4 heteroatoms. The molecule has 0 aromatic carbocycles. The fraction of sp³-hybridized carbons (Fsp3) is 0.667. The normalized spacial score (nSPS) is 15.1. The Morgan fingerprint density at radius 3 is 2.75 bits per heavy atom. The van der Waals surface area contributed by atoms with E-state index in [9.17, 15) is 4.79 Å². The highest BCUT2D eigenvalue weighted by Crippen LogP contribution is 2.19. The molecule has 1 rings (SSSR count). The molecule has 0 saturated heterocycles. The van der Waals surface area contributed by atoms with Gasteiger partial charge in [0.15, 0.2) is 0 Å². The van der Waals surface area contributed by atoms with E-state index in [4.69, 9.17) is 0 Å². The zero-order valence-electron chi connectivity index (χ0n) is 10.6. The summed E-state index contributed by atoms with van der Waals surface area (Å²) in [6, 6.07) is 0. The molecule has 1 atom stereocenters. The fourth-order valence-corrected chi connectivity index (χ4v) is 1.77. The minimum Gasteiger partial charge on any atom is -0.303 e. The summed E-state index contributed by atoms with van der Waals surface area (Å²) in [4.78, 5) is 13.2. The number of carbonyl (C=O) groups is 1. The van der Waals surface area contributed by atoms with Gasteiger partial charge in [-0.3, -0.25) is 4.68 Å². The summed E-state index contributed by atoms with van der Waals surface area (Å²) >= 11 is 0. The average Bonchev–Trinajstić information content (AvgIpc) is 2.63. The molecule has 0 bridgehead atoms. The van der Waals surface area contributed by atoms with Crippen LogP contribution in [0.25, 0.3) is 0 Å². The quantitative estimate of drug-likeness (QED) is 0.685. The number of rotatable bonds is 6. The highest BCUT2D eigenvalue weighted by Gasteiger charge is 2.23. The molecule has 90 valence electrons. The van der Waals surface area contributed by atoms with E-state index in [-0.39, 0.29) is 5.41 Å². The smallest absolute Gasteiger partial charge is 0.127 e. The molecule has 0 fully saturated rings. The van der Waals surface area contributed by atoms with Gasteiger partial charge in [0.05, 0.1) is 6.20 Å². The van der Waals surface area contributed by atoms with Crippen LogP contribution in [0, 0.1) is 5.41 Å². The van der Waals surface area contributed by atoms with Crippen LogP contribution in [0.15, 0.2) is 12.4 Å². The van der Waals surface area contributed by atoms with E-state index in [1.807, 2.05) is 40.3 Å². The summed E-state index contributed by atoms with van der Waals surface area (Å²) in [6.07, 6.45) is 5.79. The van der Waals surface area contributed by atoms with E-state index in [1.165, 1.54) is 5.56 Å². The van der Waals surface area contributed by atoms with Crippen molar-refractivity contribution >= 4 is 6.29 Å². The topological polar surface area (TPSA) is 38.1 Å². The molecule has 1 unspecified atom stereocenters. The van der Waals surface area contributed by atoms with Gasteiger partial charge in [-0.25, -0.2) is 0 Å². The first kappa shape index (κ1) is 12.9. The van der Waals surface area contributed by atoms with Crippen molar-refractivity contribution < 1.29 is 4.79 Å². The lowest BCUT2D eigenvalue weighted by atomic mass is 9.89. The van der Waals surface area contributed by atoms with E-state index in [0.29, 0.717) is 0 Å². The second-order valence-electron chi connectivity index (χ2n) is 4.82. The molecule has 1 aromatic rings. The third-order valence-electron chi connectivity index (χ3n) is 2.93. The minimum atomic E-state index is -0.239. The standard InChI is InChI=1S/C12H21N3O/c1-5-12(2,10-16)9-14(3)7-11-6-13-15(4)8-11/h6,8,10H,5,7,9H2,1-4H3. The number of carbonyl (C=O) groups excluding carboxylic acids is 1. The lowest BCUT2D eigenvalue weighted by Gasteiger charge is -2.27. The highest BCUT2D eigenvalue weighted by atomic mass is 16.1. The number of aromatic nitrogens is 2. The van der Waals surface area contributed by atoms with Crippen LogP contribution >= 0.6 is 0 Å². The molecule has 4 nitrogen and oxygen atoms in total. The van der Waals surface area contributed by atoms with Crippen LogP contribution in [0.4, 0.5) is 0 Å². The van der Waals surface area contributed by atoms with Crippen LogP contribution in [-0.2, 0) is 18.4 Å². The van der Waals surface area contributed by atoms with Gasteiger partial charge in [0, 0.05) is 37.3 Å². The van der Waals surface area contributed by atoms with E-state index in [2.05, 4.69) is 10.00 Å². The second-order valence-corrected chi connectivity index (χ2v) is 4.82. The van der Waals surface area contributed by atoms with Gasteiger partial charge in [0.1, 0.15) is 6.29 Å². The first-order valence-electron chi connectivity index (χ1n) is 5.61. The van der Waals surface area contributed by atoms with Crippen LogP contribution < -0.4 is 0 Å². The zero-order chi connectivity index (χ0) is 12.2. The fourth-order valence-electron chi connectivity index (χ4n) is 1.77. The van der Waals surface area contributed by atoms with Crippen LogP contribution in [0.5, 0.6) is 0 Å². The molecule has 0 amide bonds. The summed E-state index contributed by atoms with van der Waals surface area (Å²) in [7, 11) is 3.94. The Kier molecular flexibility index (Phi) is 4.24. The number of aldehydes is 1. The van der Waals surface area contributed by atoms with Crippen molar-refractivity contribution in [1.29, 1.82) is 0 Å². The Bertz CT molecular complexity index is 348. The Labute approximate surface area is 97.2 Å². The van der Waals surface area contributed by atoms with E-state index >= 15 is 0 Å². The third-order valence-corrected chi connectivity index (χ3v) is 2.93. The largest absolute Gasteiger partial charge is 0.303 e. The van der Waals surface area contributed by atoms with Gasteiger partial charge in [-0.05, 0) is 13.5 Å². The molecule has 0 N–H and O–H groups in total.